The summed E-state index contributed by atoms with van der Waals surface area (Å²) in [4.78, 5) is 9.74. The molecule has 0 saturated heterocycles. The van der Waals surface area contributed by atoms with E-state index in [4.69, 9.17) is 0 Å². The highest BCUT2D eigenvalue weighted by Crippen LogP contribution is 2.15. The lowest BCUT2D eigenvalue weighted by molar-refractivity contribution is -0.384. The van der Waals surface area contributed by atoms with Crippen LogP contribution in [0.4, 0.5) is 5.69 Å². The maximum Gasteiger partial charge on any atom is 0.269 e. The zero-order valence-electron chi connectivity index (χ0n) is 6.88. The molecule has 0 amide bonds. The van der Waals surface area contributed by atoms with Gasteiger partial charge in [-0.2, -0.15) is 0 Å². The van der Waals surface area contributed by atoms with Crippen LogP contribution in [0.5, 0.6) is 0 Å². The molecule has 76 valence electrons. The van der Waals surface area contributed by atoms with Crippen molar-refractivity contribution >= 4 is 28.8 Å². The third kappa shape index (κ3) is 3.43. The highest BCUT2D eigenvalue weighted by molar-refractivity contribution is 9.47. The molecule has 0 spiro atoms. The van der Waals surface area contributed by atoms with Gasteiger partial charge in [0.05, 0.1) is 25.5 Å². The Morgan fingerprint density at radius 1 is 1.29 bits per heavy atom. The standard InChI is InChI=1S/C7H6BrNO4S/c8-14(12,13)5-6-1-3-7(4-2-6)9(10)11/h1-4H,5H2. The highest BCUT2D eigenvalue weighted by atomic mass is 79.9. The van der Waals surface area contributed by atoms with Crippen LogP contribution < -0.4 is 0 Å². The van der Waals surface area contributed by atoms with Gasteiger partial charge in [-0.15, -0.1) is 0 Å². The molecule has 0 saturated carbocycles. The van der Waals surface area contributed by atoms with Crippen molar-refractivity contribution in [3.05, 3.63) is 39.9 Å². The molecule has 1 aromatic rings. The number of nitrogens with zero attached hydrogens (tertiary/aromatic N) is 1. The van der Waals surface area contributed by atoms with E-state index < -0.39 is 13.2 Å². The molecule has 0 fully saturated rings. The van der Waals surface area contributed by atoms with E-state index in [1.54, 1.807) is 0 Å². The zero-order valence-corrected chi connectivity index (χ0v) is 9.29. The van der Waals surface area contributed by atoms with Crippen molar-refractivity contribution in [3.8, 4) is 0 Å². The van der Waals surface area contributed by atoms with Gasteiger partial charge in [0.15, 0.2) is 0 Å². The number of nitro benzene ring substituents is 1. The van der Waals surface area contributed by atoms with E-state index in [2.05, 4.69) is 14.8 Å². The van der Waals surface area contributed by atoms with Crippen LogP contribution in [0.1, 0.15) is 5.56 Å². The van der Waals surface area contributed by atoms with Crippen LogP contribution >= 0.6 is 14.8 Å². The summed E-state index contributed by atoms with van der Waals surface area (Å²) in [6.45, 7) is 0. The number of nitro groups is 1. The molecule has 14 heavy (non-hydrogen) atoms. The first-order chi connectivity index (χ1) is 6.38. The largest absolute Gasteiger partial charge is 0.269 e. The van der Waals surface area contributed by atoms with Crippen LogP contribution in [-0.2, 0) is 14.0 Å². The lowest BCUT2D eigenvalue weighted by Crippen LogP contribution is -1.94. The molecular formula is C7H6BrNO4S. The molecule has 1 rings (SSSR count). The summed E-state index contributed by atoms with van der Waals surface area (Å²) in [6, 6.07) is 5.37. The van der Waals surface area contributed by atoms with Gasteiger partial charge in [0.1, 0.15) is 0 Å². The normalized spacial score (nSPS) is 11.2. The Labute approximate surface area is 88.0 Å². The van der Waals surface area contributed by atoms with Gasteiger partial charge in [0.2, 0.25) is 8.27 Å². The van der Waals surface area contributed by atoms with E-state index >= 15 is 0 Å². The molecule has 0 aliphatic rings. The lowest BCUT2D eigenvalue weighted by atomic mass is 10.2. The van der Waals surface area contributed by atoms with E-state index in [0.29, 0.717) is 5.56 Å². The van der Waals surface area contributed by atoms with Crippen molar-refractivity contribution in [2.24, 2.45) is 0 Å². The summed E-state index contributed by atoms with van der Waals surface area (Å²) in [6.07, 6.45) is 0. The van der Waals surface area contributed by atoms with Crippen LogP contribution in [0, 0.1) is 10.1 Å². The second kappa shape index (κ2) is 4.05. The van der Waals surface area contributed by atoms with Crippen molar-refractivity contribution in [1.82, 2.24) is 0 Å². The third-order valence-corrected chi connectivity index (χ3v) is 2.85. The Morgan fingerprint density at radius 3 is 2.14 bits per heavy atom. The quantitative estimate of drug-likeness (QED) is 0.480. The van der Waals surface area contributed by atoms with E-state index in [0.717, 1.165) is 0 Å². The molecule has 0 N–H and O–H groups in total. The first-order valence-corrected chi connectivity index (χ1v) is 7.04. The molecule has 0 aliphatic carbocycles. The number of hydrogen-bond donors (Lipinski definition) is 0. The Kier molecular flexibility index (Phi) is 3.22. The molecular weight excluding hydrogens is 274 g/mol. The molecule has 0 atom stereocenters. The predicted molar refractivity (Wildman–Crippen MR) is 54.6 cm³/mol. The fourth-order valence-electron chi connectivity index (χ4n) is 0.913. The molecule has 0 unspecified atom stereocenters. The number of hydrogen-bond acceptors (Lipinski definition) is 4. The second-order valence-electron chi connectivity index (χ2n) is 2.61. The molecule has 0 aliphatic heterocycles. The molecule has 7 heteroatoms. The zero-order chi connectivity index (χ0) is 10.8. The summed E-state index contributed by atoms with van der Waals surface area (Å²) >= 11 is 2.50. The van der Waals surface area contributed by atoms with Crippen molar-refractivity contribution < 1.29 is 13.3 Å². The van der Waals surface area contributed by atoms with Gasteiger partial charge in [0.25, 0.3) is 5.69 Å². The fraction of sp³-hybridized carbons (Fsp3) is 0.143. The maximum absolute atomic E-state index is 10.8. The monoisotopic (exact) mass is 279 g/mol. The smallest absolute Gasteiger partial charge is 0.258 e. The predicted octanol–water partition coefficient (Wildman–Crippen LogP) is 1.82. The molecule has 0 bridgehead atoms. The minimum Gasteiger partial charge on any atom is -0.258 e. The number of non-ortho nitro benzene ring substituents is 1. The minimum atomic E-state index is -3.27. The average molecular weight is 280 g/mol. The third-order valence-electron chi connectivity index (χ3n) is 1.49. The molecule has 0 radical (unpaired) electrons. The molecule has 5 nitrogen and oxygen atoms in total. The van der Waals surface area contributed by atoms with Crippen LogP contribution in [0.25, 0.3) is 0 Å². The average Bonchev–Trinajstić information content (AvgIpc) is 2.02. The van der Waals surface area contributed by atoms with Gasteiger partial charge in [-0.3, -0.25) is 10.1 Å². The first kappa shape index (κ1) is 11.1. The summed E-state index contributed by atoms with van der Waals surface area (Å²) in [5.41, 5.74) is 0.452. The summed E-state index contributed by atoms with van der Waals surface area (Å²) in [7, 11) is -3.27. The second-order valence-corrected chi connectivity index (χ2v) is 6.93. The Hall–Kier alpha value is -0.950. The van der Waals surface area contributed by atoms with Gasteiger partial charge in [0, 0.05) is 12.1 Å². The van der Waals surface area contributed by atoms with Gasteiger partial charge >= 0.3 is 0 Å². The highest BCUT2D eigenvalue weighted by Gasteiger charge is 2.08. The maximum atomic E-state index is 10.8. The topological polar surface area (TPSA) is 77.3 Å². The number of benzene rings is 1. The van der Waals surface area contributed by atoms with E-state index in [1.165, 1.54) is 24.3 Å². The number of halogens is 1. The van der Waals surface area contributed by atoms with Crippen LogP contribution in [0.2, 0.25) is 0 Å². The van der Waals surface area contributed by atoms with Crippen LogP contribution in [-0.4, -0.2) is 13.3 Å². The number of rotatable bonds is 3. The lowest BCUT2D eigenvalue weighted by Gasteiger charge is -1.96. The van der Waals surface area contributed by atoms with Gasteiger partial charge in [-0.05, 0) is 5.56 Å². The van der Waals surface area contributed by atoms with Crippen LogP contribution in [0.15, 0.2) is 24.3 Å². The van der Waals surface area contributed by atoms with Crippen molar-refractivity contribution in [2.45, 2.75) is 5.75 Å². The molecule has 1 aromatic carbocycles. The van der Waals surface area contributed by atoms with Gasteiger partial charge < -0.3 is 0 Å². The SMILES string of the molecule is O=[N+]([O-])c1ccc(CS(=O)(=O)Br)cc1. The van der Waals surface area contributed by atoms with E-state index in [1.807, 2.05) is 0 Å². The first-order valence-electron chi connectivity index (χ1n) is 3.54. The van der Waals surface area contributed by atoms with Crippen LogP contribution in [0.3, 0.4) is 0 Å². The van der Waals surface area contributed by atoms with Crippen molar-refractivity contribution in [3.63, 3.8) is 0 Å². The molecule has 0 heterocycles. The van der Waals surface area contributed by atoms with Crippen molar-refractivity contribution in [2.75, 3.05) is 0 Å². The minimum absolute atomic E-state index is 0.0549. The molecule has 0 aromatic heterocycles. The van der Waals surface area contributed by atoms with Gasteiger partial charge in [-0.25, -0.2) is 8.42 Å². The summed E-state index contributed by atoms with van der Waals surface area (Å²) in [5, 5.41) is 10.3. The van der Waals surface area contributed by atoms with Crippen molar-refractivity contribution in [1.29, 1.82) is 0 Å². The van der Waals surface area contributed by atoms with E-state index in [-0.39, 0.29) is 11.4 Å². The summed E-state index contributed by atoms with van der Waals surface area (Å²) in [5.74, 6) is -0.176. The van der Waals surface area contributed by atoms with Gasteiger partial charge in [-0.1, -0.05) is 12.1 Å². The van der Waals surface area contributed by atoms with E-state index in [9.17, 15) is 18.5 Å². The Morgan fingerprint density at radius 2 is 1.79 bits per heavy atom. The Bertz CT molecular complexity index is 439. The Balaban J connectivity index is 2.90. The summed E-state index contributed by atoms with van der Waals surface area (Å²) < 4.78 is 21.6. The fourth-order valence-corrected chi connectivity index (χ4v) is 2.30.